The van der Waals surface area contributed by atoms with Crippen molar-refractivity contribution in [1.29, 1.82) is 0 Å². The second kappa shape index (κ2) is 9.58. The highest BCUT2D eigenvalue weighted by Gasteiger charge is 2.29. The molecule has 1 aromatic rings. The minimum atomic E-state index is -3.22. The first-order valence-corrected chi connectivity index (χ1v) is 11.6. The molecule has 1 saturated heterocycles. The van der Waals surface area contributed by atoms with Crippen LogP contribution in [0.3, 0.4) is 0 Å². The van der Waals surface area contributed by atoms with Gasteiger partial charge >= 0.3 is 6.09 Å². The lowest BCUT2D eigenvalue weighted by Gasteiger charge is -2.31. The van der Waals surface area contributed by atoms with Gasteiger partial charge in [-0.1, -0.05) is 30.3 Å². The summed E-state index contributed by atoms with van der Waals surface area (Å²) in [6.45, 7) is 6.01. The number of carbonyl (C=O) groups is 2. The number of sulfonamides is 1. The third kappa shape index (κ3) is 8.02. The quantitative estimate of drug-likeness (QED) is 0.721. The van der Waals surface area contributed by atoms with E-state index in [9.17, 15) is 18.0 Å². The van der Waals surface area contributed by atoms with Crippen LogP contribution in [0, 0.1) is 0 Å². The van der Waals surface area contributed by atoms with Crippen molar-refractivity contribution < 1.29 is 22.7 Å². The third-order valence-electron chi connectivity index (χ3n) is 4.56. The molecule has 9 heteroatoms. The maximum Gasteiger partial charge on any atom is 0.408 e. The van der Waals surface area contributed by atoms with Gasteiger partial charge in [0.25, 0.3) is 0 Å². The molecule has 0 spiro atoms. The molecule has 0 aromatic heterocycles. The molecule has 1 atom stereocenters. The van der Waals surface area contributed by atoms with Gasteiger partial charge in [-0.25, -0.2) is 17.5 Å². The molecular formula is C20H31N3O5S. The summed E-state index contributed by atoms with van der Waals surface area (Å²) in [5.41, 5.74) is 0.242. The zero-order chi connectivity index (χ0) is 21.7. The van der Waals surface area contributed by atoms with Gasteiger partial charge in [-0.3, -0.25) is 4.79 Å². The Hall–Kier alpha value is -2.13. The van der Waals surface area contributed by atoms with Crippen molar-refractivity contribution >= 4 is 22.0 Å². The van der Waals surface area contributed by atoms with Crippen molar-refractivity contribution in [2.45, 2.75) is 57.7 Å². The van der Waals surface area contributed by atoms with Crippen LogP contribution in [0.1, 0.15) is 39.2 Å². The highest BCUT2D eigenvalue weighted by atomic mass is 32.2. The van der Waals surface area contributed by atoms with Crippen molar-refractivity contribution in [2.24, 2.45) is 0 Å². The van der Waals surface area contributed by atoms with E-state index in [-0.39, 0.29) is 11.9 Å². The second-order valence-corrected chi connectivity index (χ2v) is 10.3. The Labute approximate surface area is 173 Å². The van der Waals surface area contributed by atoms with E-state index in [4.69, 9.17) is 4.74 Å². The van der Waals surface area contributed by atoms with Crippen LogP contribution in [0.5, 0.6) is 0 Å². The molecule has 29 heavy (non-hydrogen) atoms. The molecule has 2 rings (SSSR count). The van der Waals surface area contributed by atoms with Gasteiger partial charge in [0.2, 0.25) is 15.9 Å². The highest BCUT2D eigenvalue weighted by molar-refractivity contribution is 7.88. The number of benzene rings is 1. The number of ether oxygens (including phenoxy) is 1. The van der Waals surface area contributed by atoms with E-state index in [2.05, 4.69) is 10.6 Å². The highest BCUT2D eigenvalue weighted by Crippen LogP contribution is 2.14. The Balaban J connectivity index is 2.01. The minimum Gasteiger partial charge on any atom is -0.444 e. The van der Waals surface area contributed by atoms with E-state index >= 15 is 0 Å². The zero-order valence-corrected chi connectivity index (χ0v) is 18.3. The normalized spacial score (nSPS) is 17.4. The Kier molecular flexibility index (Phi) is 7.65. The number of hydrogen-bond acceptors (Lipinski definition) is 5. The van der Waals surface area contributed by atoms with Crippen LogP contribution < -0.4 is 10.6 Å². The number of piperidine rings is 1. The Morgan fingerprint density at radius 3 is 2.28 bits per heavy atom. The lowest BCUT2D eigenvalue weighted by molar-refractivity contribution is -0.124. The van der Waals surface area contributed by atoms with E-state index < -0.39 is 27.8 Å². The van der Waals surface area contributed by atoms with Crippen LogP contribution in [0.25, 0.3) is 0 Å². The average molecular weight is 426 g/mol. The summed E-state index contributed by atoms with van der Waals surface area (Å²) in [6, 6.07) is 8.48. The summed E-state index contributed by atoms with van der Waals surface area (Å²) in [6.07, 6.45) is 1.92. The fraction of sp³-hybridized carbons (Fsp3) is 0.600. The largest absolute Gasteiger partial charge is 0.444 e. The Morgan fingerprint density at radius 2 is 1.76 bits per heavy atom. The predicted octanol–water partition coefficient (Wildman–Crippen LogP) is 1.66. The van der Waals surface area contributed by atoms with Crippen LogP contribution in [-0.2, 0) is 26.0 Å². The van der Waals surface area contributed by atoms with Crippen LogP contribution in [0.15, 0.2) is 30.3 Å². The lowest BCUT2D eigenvalue weighted by atomic mass is 10.0. The summed E-state index contributed by atoms with van der Waals surface area (Å²) in [4.78, 5) is 25.1. The Morgan fingerprint density at radius 1 is 1.17 bits per heavy atom. The van der Waals surface area contributed by atoms with E-state index in [0.29, 0.717) is 32.4 Å². The monoisotopic (exact) mass is 425 g/mol. The molecule has 1 aliphatic heterocycles. The summed E-state index contributed by atoms with van der Waals surface area (Å²) < 4.78 is 30.0. The molecule has 2 amide bonds. The lowest BCUT2D eigenvalue weighted by Crippen LogP contribution is -2.53. The topological polar surface area (TPSA) is 105 Å². The number of carbonyl (C=O) groups excluding carboxylic acids is 2. The zero-order valence-electron chi connectivity index (χ0n) is 17.5. The molecule has 1 fully saturated rings. The molecule has 0 unspecified atom stereocenters. The Bertz CT molecular complexity index is 797. The molecule has 0 bridgehead atoms. The van der Waals surface area contributed by atoms with Crippen molar-refractivity contribution in [3.8, 4) is 0 Å². The van der Waals surface area contributed by atoms with Crippen molar-refractivity contribution in [3.05, 3.63) is 35.9 Å². The van der Waals surface area contributed by atoms with E-state index in [0.717, 1.165) is 5.56 Å². The molecule has 0 radical (unpaired) electrons. The molecule has 0 aliphatic carbocycles. The first-order chi connectivity index (χ1) is 13.4. The van der Waals surface area contributed by atoms with Gasteiger partial charge in [0.1, 0.15) is 11.6 Å². The molecular weight excluding hydrogens is 394 g/mol. The van der Waals surface area contributed by atoms with Gasteiger partial charge in [0, 0.05) is 25.6 Å². The van der Waals surface area contributed by atoms with Gasteiger partial charge in [-0.2, -0.15) is 0 Å². The summed E-state index contributed by atoms with van der Waals surface area (Å²) >= 11 is 0. The summed E-state index contributed by atoms with van der Waals surface area (Å²) in [7, 11) is -3.22. The number of amides is 2. The molecule has 2 N–H and O–H groups in total. The molecule has 1 aliphatic rings. The molecule has 0 saturated carbocycles. The molecule has 162 valence electrons. The number of nitrogens with one attached hydrogen (secondary N) is 2. The smallest absolute Gasteiger partial charge is 0.408 e. The first kappa shape index (κ1) is 23.2. The summed E-state index contributed by atoms with van der Waals surface area (Å²) in [5, 5.41) is 5.61. The van der Waals surface area contributed by atoms with Crippen LogP contribution in [0.4, 0.5) is 4.79 Å². The maximum absolute atomic E-state index is 12.9. The van der Waals surface area contributed by atoms with Gasteiger partial charge < -0.3 is 15.4 Å². The van der Waals surface area contributed by atoms with Crippen molar-refractivity contribution in [3.63, 3.8) is 0 Å². The number of rotatable bonds is 6. The molecule has 1 aromatic carbocycles. The van der Waals surface area contributed by atoms with Crippen molar-refractivity contribution in [2.75, 3.05) is 19.3 Å². The summed E-state index contributed by atoms with van der Waals surface area (Å²) in [5.74, 6) is -0.308. The van der Waals surface area contributed by atoms with Gasteiger partial charge in [-0.15, -0.1) is 0 Å². The minimum absolute atomic E-state index is 0.140. The average Bonchev–Trinajstić information content (AvgIpc) is 2.60. The fourth-order valence-corrected chi connectivity index (χ4v) is 4.02. The van der Waals surface area contributed by atoms with Crippen LogP contribution >= 0.6 is 0 Å². The van der Waals surface area contributed by atoms with Gasteiger partial charge in [0.15, 0.2) is 0 Å². The van der Waals surface area contributed by atoms with Crippen LogP contribution in [-0.4, -0.2) is 61.8 Å². The maximum atomic E-state index is 12.9. The predicted molar refractivity (Wildman–Crippen MR) is 111 cm³/mol. The number of nitrogens with zero attached hydrogens (tertiary/aromatic N) is 1. The van der Waals surface area contributed by atoms with E-state index in [1.165, 1.54) is 10.6 Å². The van der Waals surface area contributed by atoms with E-state index in [1.54, 1.807) is 20.8 Å². The van der Waals surface area contributed by atoms with Gasteiger partial charge in [-0.05, 0) is 39.2 Å². The molecule has 8 nitrogen and oxygen atoms in total. The standard InChI is InChI=1S/C20H31N3O5S/c1-20(2,3)28-19(25)22-17(14-15-8-6-5-7-9-15)18(24)21-16-10-12-23(13-11-16)29(4,26)27/h5-9,16-17H,10-14H2,1-4H3,(H,21,24)(H,22,25)/t17-/m0/s1. The first-order valence-electron chi connectivity index (χ1n) is 9.73. The SMILES string of the molecule is CC(C)(C)OC(=O)N[C@@H](Cc1ccccc1)C(=O)NC1CCN(S(C)(=O)=O)CC1. The molecule has 1 heterocycles. The van der Waals surface area contributed by atoms with Crippen molar-refractivity contribution in [1.82, 2.24) is 14.9 Å². The fourth-order valence-electron chi connectivity index (χ4n) is 3.14. The van der Waals surface area contributed by atoms with Gasteiger partial charge in [0.05, 0.1) is 6.26 Å². The van der Waals surface area contributed by atoms with Crippen LogP contribution in [0.2, 0.25) is 0 Å². The van der Waals surface area contributed by atoms with E-state index in [1.807, 2.05) is 30.3 Å². The third-order valence-corrected chi connectivity index (χ3v) is 5.86. The number of hydrogen-bond donors (Lipinski definition) is 2. The number of alkyl carbamates (subject to hydrolysis) is 1. The second-order valence-electron chi connectivity index (χ2n) is 8.33.